The van der Waals surface area contributed by atoms with E-state index in [1.165, 1.54) is 0 Å². The molecule has 0 spiro atoms. The van der Waals surface area contributed by atoms with Crippen molar-refractivity contribution < 1.29 is 14.3 Å². The van der Waals surface area contributed by atoms with Crippen LogP contribution in [-0.4, -0.2) is 41.5 Å². The quantitative estimate of drug-likeness (QED) is 0.931. The van der Waals surface area contributed by atoms with Gasteiger partial charge in [0.2, 0.25) is 5.91 Å². The molecule has 0 radical (unpaired) electrons. The van der Waals surface area contributed by atoms with Gasteiger partial charge in [-0.05, 0) is 37.1 Å². The van der Waals surface area contributed by atoms with Crippen molar-refractivity contribution in [3.05, 3.63) is 59.3 Å². The molecule has 1 aromatic carbocycles. The number of hydrogen-bond acceptors (Lipinski definition) is 4. The molecule has 1 saturated heterocycles. The van der Waals surface area contributed by atoms with Crippen molar-refractivity contribution in [2.75, 3.05) is 19.0 Å². The summed E-state index contributed by atoms with van der Waals surface area (Å²) in [6.07, 6.45) is 0.840. The van der Waals surface area contributed by atoms with Gasteiger partial charge in [0.25, 0.3) is 5.91 Å². The normalized spacial score (nSPS) is 20.4. The second-order valence-corrected chi connectivity index (χ2v) is 6.30. The molecule has 0 saturated carbocycles. The summed E-state index contributed by atoms with van der Waals surface area (Å²) in [7, 11) is 1.70. The lowest BCUT2D eigenvalue weighted by molar-refractivity contribution is -0.160. The van der Waals surface area contributed by atoms with E-state index in [9.17, 15) is 9.59 Å². The van der Waals surface area contributed by atoms with Crippen LogP contribution >= 0.6 is 0 Å². The van der Waals surface area contributed by atoms with Gasteiger partial charge in [-0.1, -0.05) is 29.8 Å². The summed E-state index contributed by atoms with van der Waals surface area (Å²) in [6.45, 7) is 3.80. The van der Waals surface area contributed by atoms with Gasteiger partial charge in [0, 0.05) is 13.2 Å². The van der Waals surface area contributed by atoms with Crippen LogP contribution in [0.5, 0.6) is 0 Å². The molecule has 6 nitrogen and oxygen atoms in total. The number of nitrogens with zero attached hydrogens (tertiary/aromatic N) is 2. The average Bonchev–Trinajstić information content (AvgIpc) is 2.58. The molecule has 2 heterocycles. The monoisotopic (exact) mass is 339 g/mol. The van der Waals surface area contributed by atoms with Crippen molar-refractivity contribution in [2.45, 2.75) is 26.0 Å². The number of amides is 2. The van der Waals surface area contributed by atoms with Crippen molar-refractivity contribution in [1.29, 1.82) is 0 Å². The van der Waals surface area contributed by atoms with E-state index >= 15 is 0 Å². The van der Waals surface area contributed by atoms with Gasteiger partial charge in [-0.3, -0.25) is 9.59 Å². The highest BCUT2D eigenvalue weighted by atomic mass is 16.5. The molecule has 25 heavy (non-hydrogen) atoms. The van der Waals surface area contributed by atoms with Crippen LogP contribution < -0.4 is 5.32 Å². The van der Waals surface area contributed by atoms with Gasteiger partial charge in [0.1, 0.15) is 12.4 Å². The summed E-state index contributed by atoms with van der Waals surface area (Å²) in [4.78, 5) is 30.6. The van der Waals surface area contributed by atoms with Crippen LogP contribution in [0.1, 0.15) is 22.7 Å². The fourth-order valence-electron chi connectivity index (χ4n) is 2.90. The Morgan fingerprint density at radius 3 is 2.60 bits per heavy atom. The smallest absolute Gasteiger partial charge is 0.257 e. The van der Waals surface area contributed by atoms with E-state index in [0.29, 0.717) is 5.82 Å². The van der Waals surface area contributed by atoms with Gasteiger partial charge in [0.05, 0.1) is 6.04 Å². The number of rotatable bonds is 3. The lowest BCUT2D eigenvalue weighted by atomic mass is 9.96. The zero-order chi connectivity index (χ0) is 18.0. The molecule has 2 aromatic rings. The molecule has 1 aromatic heterocycles. The minimum absolute atomic E-state index is 0.113. The van der Waals surface area contributed by atoms with Crippen molar-refractivity contribution >= 4 is 17.6 Å². The first-order chi connectivity index (χ1) is 12.0. The lowest BCUT2D eigenvalue weighted by Crippen LogP contribution is -2.51. The first kappa shape index (κ1) is 17.1. The zero-order valence-corrected chi connectivity index (χ0v) is 14.5. The maximum atomic E-state index is 12.8. The lowest BCUT2D eigenvalue weighted by Gasteiger charge is -2.38. The van der Waals surface area contributed by atoms with Crippen molar-refractivity contribution in [3.8, 4) is 0 Å². The molecule has 6 heteroatoms. The zero-order valence-electron chi connectivity index (χ0n) is 14.5. The number of morpholine rings is 1. The minimum atomic E-state index is -0.798. The average molecular weight is 339 g/mol. The maximum Gasteiger partial charge on any atom is 0.257 e. The number of nitrogens with one attached hydrogen (secondary N) is 1. The van der Waals surface area contributed by atoms with Crippen LogP contribution in [-0.2, 0) is 14.3 Å². The Hall–Kier alpha value is -2.73. The fourth-order valence-corrected chi connectivity index (χ4v) is 2.90. The summed E-state index contributed by atoms with van der Waals surface area (Å²) >= 11 is 0. The van der Waals surface area contributed by atoms with Crippen molar-refractivity contribution in [3.63, 3.8) is 0 Å². The number of carbonyl (C=O) groups excluding carboxylic acids is 2. The van der Waals surface area contributed by atoms with E-state index < -0.39 is 12.1 Å². The highest BCUT2D eigenvalue weighted by Gasteiger charge is 2.40. The van der Waals surface area contributed by atoms with Crippen LogP contribution in [0, 0.1) is 13.8 Å². The molecule has 0 aliphatic carbocycles. The Labute approximate surface area is 146 Å². The van der Waals surface area contributed by atoms with Crippen molar-refractivity contribution in [2.24, 2.45) is 0 Å². The van der Waals surface area contributed by atoms with Crippen LogP contribution in [0.4, 0.5) is 5.82 Å². The molecule has 2 atom stereocenters. The summed E-state index contributed by atoms with van der Waals surface area (Å²) in [5.41, 5.74) is 2.97. The number of aryl methyl sites for hydroxylation is 2. The standard InChI is InChI=1S/C19H21N3O3/c1-12-4-6-14(7-5-12)17-18(25-11-16(23)22(17)3)19(24)21-15-10-13(2)8-9-20-15/h4-10,17-18H,11H2,1-3H3,(H,20,21,24)/t17-,18+/m1/s1. The number of ether oxygens (including phenoxy) is 1. The van der Waals surface area contributed by atoms with Gasteiger partial charge >= 0.3 is 0 Å². The van der Waals surface area contributed by atoms with Crippen LogP contribution in [0.2, 0.25) is 0 Å². The number of benzene rings is 1. The summed E-state index contributed by atoms with van der Waals surface area (Å²) in [5, 5.41) is 2.79. The number of pyridine rings is 1. The van der Waals surface area contributed by atoms with E-state index in [0.717, 1.165) is 16.7 Å². The first-order valence-corrected chi connectivity index (χ1v) is 8.13. The number of aromatic nitrogens is 1. The summed E-state index contributed by atoms with van der Waals surface area (Å²) in [5.74, 6) is 0.00198. The number of likely N-dealkylation sites (N-methyl/N-ethyl adjacent to an activating group) is 1. The van der Waals surface area contributed by atoms with Gasteiger partial charge in [-0.25, -0.2) is 4.98 Å². The molecule has 0 unspecified atom stereocenters. The van der Waals surface area contributed by atoms with E-state index in [4.69, 9.17) is 4.74 Å². The minimum Gasteiger partial charge on any atom is -0.356 e. The van der Waals surface area contributed by atoms with E-state index in [-0.39, 0.29) is 18.4 Å². The second kappa shape index (κ2) is 7.03. The summed E-state index contributed by atoms with van der Waals surface area (Å²) in [6, 6.07) is 10.9. The molecule has 1 aliphatic heterocycles. The predicted molar refractivity (Wildman–Crippen MR) is 94.0 cm³/mol. The highest BCUT2D eigenvalue weighted by molar-refractivity contribution is 5.95. The molecule has 130 valence electrons. The van der Waals surface area contributed by atoms with E-state index in [2.05, 4.69) is 10.3 Å². The molecule has 3 rings (SSSR count). The molecular weight excluding hydrogens is 318 g/mol. The molecular formula is C19H21N3O3. The van der Waals surface area contributed by atoms with E-state index in [1.54, 1.807) is 24.2 Å². The van der Waals surface area contributed by atoms with Gasteiger partial charge in [0.15, 0.2) is 6.10 Å². The van der Waals surface area contributed by atoms with Crippen LogP contribution in [0.3, 0.4) is 0 Å². The fraction of sp³-hybridized carbons (Fsp3) is 0.316. The number of carbonyl (C=O) groups is 2. The van der Waals surface area contributed by atoms with E-state index in [1.807, 2.05) is 44.2 Å². The molecule has 2 amide bonds. The van der Waals surface area contributed by atoms with Gasteiger partial charge < -0.3 is 15.0 Å². The van der Waals surface area contributed by atoms with Gasteiger partial charge in [-0.15, -0.1) is 0 Å². The predicted octanol–water partition coefficient (Wildman–Crippen LogP) is 2.24. The Morgan fingerprint density at radius 2 is 1.92 bits per heavy atom. The van der Waals surface area contributed by atoms with Crippen LogP contribution in [0.15, 0.2) is 42.6 Å². The Bertz CT molecular complexity index is 789. The third-order valence-electron chi connectivity index (χ3n) is 4.33. The first-order valence-electron chi connectivity index (χ1n) is 8.13. The highest BCUT2D eigenvalue weighted by Crippen LogP contribution is 2.30. The van der Waals surface area contributed by atoms with Gasteiger partial charge in [-0.2, -0.15) is 0 Å². The van der Waals surface area contributed by atoms with Crippen molar-refractivity contribution in [1.82, 2.24) is 9.88 Å². The topological polar surface area (TPSA) is 71.5 Å². The Morgan fingerprint density at radius 1 is 1.20 bits per heavy atom. The molecule has 1 aliphatic rings. The Balaban J connectivity index is 1.87. The van der Waals surface area contributed by atoms with Crippen LogP contribution in [0.25, 0.3) is 0 Å². The molecule has 1 N–H and O–H groups in total. The largest absolute Gasteiger partial charge is 0.356 e. The molecule has 0 bridgehead atoms. The second-order valence-electron chi connectivity index (χ2n) is 6.30. The molecule has 1 fully saturated rings. The Kier molecular flexibility index (Phi) is 4.81. The maximum absolute atomic E-state index is 12.8. The number of hydrogen-bond donors (Lipinski definition) is 1. The summed E-state index contributed by atoms with van der Waals surface area (Å²) < 4.78 is 5.59. The third kappa shape index (κ3) is 3.69. The number of anilines is 1. The third-order valence-corrected chi connectivity index (χ3v) is 4.33. The SMILES string of the molecule is Cc1ccc([C@@H]2[C@@H](C(=O)Nc3cc(C)ccn3)OCC(=O)N2C)cc1.